The second kappa shape index (κ2) is 7.74. The summed E-state index contributed by atoms with van der Waals surface area (Å²) >= 11 is 0. The van der Waals surface area contributed by atoms with E-state index in [1.165, 1.54) is 4.90 Å². The number of carbonyl (C=O) groups is 2. The first-order valence-corrected chi connectivity index (χ1v) is 8.39. The third kappa shape index (κ3) is 4.11. The smallest absolute Gasteiger partial charge is 0.324 e. The number of amides is 3. The molecule has 2 aliphatic rings. The van der Waals surface area contributed by atoms with Gasteiger partial charge in [0.1, 0.15) is 0 Å². The van der Waals surface area contributed by atoms with Crippen molar-refractivity contribution >= 4 is 11.9 Å². The summed E-state index contributed by atoms with van der Waals surface area (Å²) in [6.45, 7) is 5.03. The number of hydrogen-bond donors (Lipinski definition) is 2. The fourth-order valence-electron chi connectivity index (χ4n) is 3.14. The molecule has 24 heavy (non-hydrogen) atoms. The molecule has 2 heterocycles. The van der Waals surface area contributed by atoms with Gasteiger partial charge in [-0.25, -0.2) is 4.79 Å². The van der Waals surface area contributed by atoms with E-state index < -0.39 is 6.10 Å². The predicted molar refractivity (Wildman–Crippen MR) is 89.4 cm³/mol. The molecule has 0 aliphatic carbocycles. The first kappa shape index (κ1) is 16.9. The van der Waals surface area contributed by atoms with E-state index >= 15 is 0 Å². The van der Waals surface area contributed by atoms with Crippen LogP contribution in [0.2, 0.25) is 0 Å². The Morgan fingerprint density at radius 3 is 2.38 bits per heavy atom. The van der Waals surface area contributed by atoms with Crippen molar-refractivity contribution in [1.82, 2.24) is 20.0 Å². The van der Waals surface area contributed by atoms with Gasteiger partial charge in [0.2, 0.25) is 5.91 Å². The van der Waals surface area contributed by atoms with E-state index in [1.54, 1.807) is 0 Å². The molecular weight excluding hydrogens is 308 g/mol. The Hall–Kier alpha value is -1.96. The first-order chi connectivity index (χ1) is 11.6. The molecule has 7 nitrogen and oxygen atoms in total. The summed E-state index contributed by atoms with van der Waals surface area (Å²) < 4.78 is 0. The van der Waals surface area contributed by atoms with Crippen molar-refractivity contribution in [3.05, 3.63) is 35.9 Å². The van der Waals surface area contributed by atoms with Gasteiger partial charge in [0, 0.05) is 45.8 Å². The highest BCUT2D eigenvalue weighted by atomic mass is 16.3. The minimum atomic E-state index is -0.493. The maximum absolute atomic E-state index is 12.1. The Morgan fingerprint density at radius 1 is 1.08 bits per heavy atom. The molecule has 0 aromatic heterocycles. The van der Waals surface area contributed by atoms with Crippen LogP contribution in [-0.2, 0) is 4.79 Å². The molecule has 3 amide bonds. The summed E-state index contributed by atoms with van der Waals surface area (Å²) in [4.78, 5) is 29.2. The number of piperazine rings is 1. The van der Waals surface area contributed by atoms with E-state index in [4.69, 9.17) is 0 Å². The lowest BCUT2D eigenvalue weighted by atomic mass is 10.1. The van der Waals surface area contributed by atoms with E-state index in [9.17, 15) is 14.7 Å². The molecule has 1 atom stereocenters. The molecular formula is C17H24N4O3. The number of β-amino-alcohol motifs (C(OH)–C–C–N with tert-alkyl or cyclic N) is 1. The molecule has 2 N–H and O–H groups in total. The Labute approximate surface area is 141 Å². The molecule has 0 radical (unpaired) electrons. The van der Waals surface area contributed by atoms with Gasteiger partial charge in [-0.05, 0) is 5.56 Å². The maximum Gasteiger partial charge on any atom is 0.324 e. The molecule has 2 fully saturated rings. The van der Waals surface area contributed by atoms with Crippen LogP contribution in [0.25, 0.3) is 0 Å². The van der Waals surface area contributed by atoms with Gasteiger partial charge in [-0.2, -0.15) is 0 Å². The molecule has 7 heteroatoms. The molecule has 1 aromatic carbocycles. The number of carbonyl (C=O) groups excluding carboxylic acids is 2. The quantitative estimate of drug-likeness (QED) is 0.787. The summed E-state index contributed by atoms with van der Waals surface area (Å²) in [5.41, 5.74) is 0.926. The highest BCUT2D eigenvalue weighted by Crippen LogP contribution is 2.15. The van der Waals surface area contributed by atoms with Crippen molar-refractivity contribution in [3.8, 4) is 0 Å². The minimum Gasteiger partial charge on any atom is -0.387 e. The Morgan fingerprint density at radius 2 is 1.75 bits per heavy atom. The Bertz CT molecular complexity index is 572. The van der Waals surface area contributed by atoms with Crippen molar-refractivity contribution < 1.29 is 14.7 Å². The van der Waals surface area contributed by atoms with Gasteiger partial charge in [-0.3, -0.25) is 19.5 Å². The summed E-state index contributed by atoms with van der Waals surface area (Å²) in [6, 6.07) is 9.37. The second-order valence-electron chi connectivity index (χ2n) is 6.28. The Kier molecular flexibility index (Phi) is 5.44. The van der Waals surface area contributed by atoms with Crippen LogP contribution in [0.5, 0.6) is 0 Å². The van der Waals surface area contributed by atoms with Gasteiger partial charge >= 0.3 is 6.03 Å². The lowest BCUT2D eigenvalue weighted by Gasteiger charge is -2.35. The number of nitrogens with zero attached hydrogens (tertiary/aromatic N) is 3. The molecule has 2 aliphatic heterocycles. The van der Waals surface area contributed by atoms with Crippen molar-refractivity contribution in [3.63, 3.8) is 0 Å². The fraction of sp³-hybridized carbons (Fsp3) is 0.529. The summed E-state index contributed by atoms with van der Waals surface area (Å²) in [7, 11) is 0. The van der Waals surface area contributed by atoms with Crippen molar-refractivity contribution in [2.45, 2.75) is 6.10 Å². The molecule has 1 unspecified atom stereocenters. The Balaban J connectivity index is 1.42. The molecule has 1 aromatic rings. The number of nitrogens with one attached hydrogen (secondary N) is 1. The topological polar surface area (TPSA) is 76.1 Å². The van der Waals surface area contributed by atoms with Crippen LogP contribution in [0.1, 0.15) is 11.7 Å². The highest BCUT2D eigenvalue weighted by Gasteiger charge is 2.28. The number of hydrogen-bond acceptors (Lipinski definition) is 5. The average Bonchev–Trinajstić information content (AvgIpc) is 3.03. The summed E-state index contributed by atoms with van der Waals surface area (Å²) in [5.74, 6) is -0.136. The highest BCUT2D eigenvalue weighted by molar-refractivity contribution is 5.96. The van der Waals surface area contributed by atoms with Crippen LogP contribution in [0.15, 0.2) is 30.3 Å². The number of benzene rings is 1. The lowest BCUT2D eigenvalue weighted by molar-refractivity contribution is -0.129. The van der Waals surface area contributed by atoms with Crippen LogP contribution in [-0.4, -0.2) is 84.1 Å². The molecule has 0 bridgehead atoms. The van der Waals surface area contributed by atoms with Gasteiger partial charge in [0.15, 0.2) is 0 Å². The van der Waals surface area contributed by atoms with Crippen LogP contribution in [0, 0.1) is 0 Å². The van der Waals surface area contributed by atoms with Gasteiger partial charge in [0.05, 0.1) is 12.6 Å². The zero-order valence-corrected chi connectivity index (χ0v) is 13.7. The normalized spacial score (nSPS) is 20.9. The first-order valence-electron chi connectivity index (χ1n) is 8.39. The van der Waals surface area contributed by atoms with Crippen LogP contribution in [0.3, 0.4) is 0 Å². The van der Waals surface area contributed by atoms with E-state index in [0.717, 1.165) is 31.7 Å². The van der Waals surface area contributed by atoms with Gasteiger partial charge in [-0.1, -0.05) is 30.3 Å². The summed E-state index contributed by atoms with van der Waals surface area (Å²) in [6.07, 6.45) is -0.493. The van der Waals surface area contributed by atoms with Crippen molar-refractivity contribution in [1.29, 1.82) is 0 Å². The molecule has 0 saturated carbocycles. The van der Waals surface area contributed by atoms with Crippen LogP contribution in [0.4, 0.5) is 4.79 Å². The third-order valence-electron chi connectivity index (χ3n) is 4.60. The van der Waals surface area contributed by atoms with Crippen molar-refractivity contribution in [2.24, 2.45) is 0 Å². The number of rotatable bonds is 5. The third-order valence-corrected chi connectivity index (χ3v) is 4.60. The maximum atomic E-state index is 12.1. The number of aliphatic hydroxyl groups excluding tert-OH is 1. The second-order valence-corrected chi connectivity index (χ2v) is 6.28. The predicted octanol–water partition coefficient (Wildman–Crippen LogP) is -0.111. The molecule has 0 spiro atoms. The van der Waals surface area contributed by atoms with Crippen LogP contribution < -0.4 is 5.32 Å². The zero-order valence-electron chi connectivity index (χ0n) is 13.7. The molecule has 2 saturated heterocycles. The van der Waals surface area contributed by atoms with Crippen molar-refractivity contribution in [2.75, 3.05) is 52.4 Å². The number of urea groups is 1. The zero-order chi connectivity index (χ0) is 16.9. The molecule has 3 rings (SSSR count). The molecule has 130 valence electrons. The van der Waals surface area contributed by atoms with Gasteiger partial charge < -0.3 is 10.4 Å². The lowest BCUT2D eigenvalue weighted by Crippen LogP contribution is -2.51. The monoisotopic (exact) mass is 332 g/mol. The van der Waals surface area contributed by atoms with E-state index in [1.807, 2.05) is 30.3 Å². The SMILES string of the molecule is O=C(CN1CCN(CC(O)c2ccccc2)CC1)N1CCNC1=O. The standard InChI is InChI=1S/C17H24N4O3/c22-15(14-4-2-1-3-5-14)12-19-8-10-20(11-9-19)13-16(23)21-7-6-18-17(21)24/h1-5,15,22H,6-13H2,(H,18,24). The summed E-state index contributed by atoms with van der Waals surface area (Å²) in [5, 5.41) is 12.9. The number of imide groups is 1. The van der Waals surface area contributed by atoms with E-state index in [2.05, 4.69) is 15.1 Å². The van der Waals surface area contributed by atoms with Gasteiger partial charge in [-0.15, -0.1) is 0 Å². The minimum absolute atomic E-state index is 0.136. The van der Waals surface area contributed by atoms with E-state index in [0.29, 0.717) is 19.6 Å². The average molecular weight is 332 g/mol. The van der Waals surface area contributed by atoms with Crippen LogP contribution >= 0.6 is 0 Å². The largest absolute Gasteiger partial charge is 0.387 e. The fourth-order valence-corrected chi connectivity index (χ4v) is 3.14. The van der Waals surface area contributed by atoms with E-state index in [-0.39, 0.29) is 18.5 Å². The number of aliphatic hydroxyl groups is 1. The van der Waals surface area contributed by atoms with Gasteiger partial charge in [0.25, 0.3) is 0 Å².